The Morgan fingerprint density at radius 3 is 2.88 bits per heavy atom. The van der Waals surface area contributed by atoms with Crippen LogP contribution in [0.15, 0.2) is 30.5 Å². The van der Waals surface area contributed by atoms with E-state index in [0.717, 1.165) is 35.7 Å². The summed E-state index contributed by atoms with van der Waals surface area (Å²) >= 11 is 0. The van der Waals surface area contributed by atoms with Crippen molar-refractivity contribution in [3.8, 4) is 0 Å². The van der Waals surface area contributed by atoms with E-state index < -0.39 is 0 Å². The van der Waals surface area contributed by atoms with Gasteiger partial charge in [-0.2, -0.15) is 5.10 Å². The zero-order valence-electron chi connectivity index (χ0n) is 15.9. The first-order valence-corrected chi connectivity index (χ1v) is 9.28. The molecule has 1 aromatic carbocycles. The minimum Gasteiger partial charge on any atom is -0.351 e. The van der Waals surface area contributed by atoms with Crippen molar-refractivity contribution in [2.45, 2.75) is 51.5 Å². The third kappa shape index (κ3) is 2.91. The highest BCUT2D eigenvalue weighted by atomic mass is 16.1. The molecule has 0 saturated heterocycles. The molecule has 26 heavy (non-hydrogen) atoms. The summed E-state index contributed by atoms with van der Waals surface area (Å²) in [6.07, 6.45) is 4.94. The Hall–Kier alpha value is -2.56. The van der Waals surface area contributed by atoms with E-state index in [0.29, 0.717) is 5.69 Å². The molecule has 136 valence electrons. The summed E-state index contributed by atoms with van der Waals surface area (Å²) in [6.45, 7) is 6.58. The monoisotopic (exact) mass is 350 g/mol. The summed E-state index contributed by atoms with van der Waals surface area (Å²) in [5.41, 5.74) is 5.34. The summed E-state index contributed by atoms with van der Waals surface area (Å²) < 4.78 is 1.92. The Morgan fingerprint density at radius 2 is 2.12 bits per heavy atom. The van der Waals surface area contributed by atoms with Crippen molar-refractivity contribution in [1.82, 2.24) is 20.1 Å². The average molecular weight is 350 g/mol. The van der Waals surface area contributed by atoms with Gasteiger partial charge in [0.05, 0.1) is 12.2 Å². The van der Waals surface area contributed by atoms with Crippen molar-refractivity contribution in [2.75, 3.05) is 0 Å². The van der Waals surface area contributed by atoms with E-state index in [-0.39, 0.29) is 17.4 Å². The van der Waals surface area contributed by atoms with Gasteiger partial charge in [-0.05, 0) is 42.4 Å². The Bertz CT molecular complexity index is 974. The number of aromatic amines is 1. The minimum absolute atomic E-state index is 0.0384. The van der Waals surface area contributed by atoms with Crippen molar-refractivity contribution in [3.05, 3.63) is 53.0 Å². The van der Waals surface area contributed by atoms with Gasteiger partial charge in [0.25, 0.3) is 5.91 Å². The Balaban J connectivity index is 1.59. The lowest BCUT2D eigenvalue weighted by Crippen LogP contribution is -2.31. The summed E-state index contributed by atoms with van der Waals surface area (Å²) in [5.74, 6) is -0.0554. The van der Waals surface area contributed by atoms with Crippen LogP contribution in [0.1, 0.15) is 67.0 Å². The Kier molecular flexibility index (Phi) is 3.90. The zero-order valence-corrected chi connectivity index (χ0v) is 15.9. The van der Waals surface area contributed by atoms with E-state index in [2.05, 4.69) is 54.4 Å². The fourth-order valence-electron chi connectivity index (χ4n) is 3.81. The molecular weight excluding hydrogens is 324 g/mol. The number of H-pyrrole nitrogens is 1. The number of nitrogens with one attached hydrogen (secondary N) is 2. The Labute approximate surface area is 153 Å². The molecule has 0 aliphatic heterocycles. The number of carbonyl (C=O) groups is 1. The van der Waals surface area contributed by atoms with Gasteiger partial charge in [0.1, 0.15) is 5.69 Å². The van der Waals surface area contributed by atoms with Gasteiger partial charge in [0, 0.05) is 29.2 Å². The van der Waals surface area contributed by atoms with E-state index in [9.17, 15) is 4.79 Å². The quantitative estimate of drug-likeness (QED) is 0.733. The maximum absolute atomic E-state index is 12.8. The number of fused-ring (bicyclic) bond motifs is 2. The number of benzene rings is 1. The zero-order chi connectivity index (χ0) is 18.5. The van der Waals surface area contributed by atoms with Crippen LogP contribution in [0.3, 0.4) is 0 Å². The molecule has 4 rings (SSSR count). The molecule has 3 aromatic rings. The van der Waals surface area contributed by atoms with E-state index in [1.54, 1.807) is 0 Å². The van der Waals surface area contributed by atoms with Gasteiger partial charge < -0.3 is 10.3 Å². The molecule has 2 heterocycles. The highest BCUT2D eigenvalue weighted by Crippen LogP contribution is 2.30. The number of hydrogen-bond donors (Lipinski definition) is 2. The van der Waals surface area contributed by atoms with Crippen LogP contribution in [0.5, 0.6) is 0 Å². The predicted molar refractivity (Wildman–Crippen MR) is 103 cm³/mol. The molecule has 2 N–H and O–H groups in total. The first kappa shape index (κ1) is 16.9. The first-order valence-electron chi connectivity index (χ1n) is 9.28. The van der Waals surface area contributed by atoms with Crippen LogP contribution < -0.4 is 5.32 Å². The molecule has 0 radical (unpaired) electrons. The highest BCUT2D eigenvalue weighted by molar-refractivity contribution is 5.98. The number of rotatable bonds is 2. The molecule has 0 spiro atoms. The predicted octanol–water partition coefficient (Wildman–Crippen LogP) is 4.01. The SMILES string of the molecule is Cn1ncc2c1CCCC2NC(=O)c1cc2ccc(C(C)(C)C)cc2[nH]1. The van der Waals surface area contributed by atoms with Crippen molar-refractivity contribution in [3.63, 3.8) is 0 Å². The largest absolute Gasteiger partial charge is 0.351 e. The second-order valence-electron chi connectivity index (χ2n) is 8.32. The first-order chi connectivity index (χ1) is 12.3. The molecule has 1 aliphatic rings. The number of hydrogen-bond acceptors (Lipinski definition) is 2. The van der Waals surface area contributed by atoms with E-state index in [4.69, 9.17) is 0 Å². The van der Waals surface area contributed by atoms with Gasteiger partial charge >= 0.3 is 0 Å². The Morgan fingerprint density at radius 1 is 1.31 bits per heavy atom. The fourth-order valence-corrected chi connectivity index (χ4v) is 3.81. The van der Waals surface area contributed by atoms with Gasteiger partial charge in [-0.15, -0.1) is 0 Å². The molecule has 1 unspecified atom stereocenters. The standard InChI is InChI=1S/C21H26N4O/c1-21(2,3)14-9-8-13-10-18(23-17(13)11-14)20(26)24-16-6-5-7-19-15(16)12-22-25(19)4/h8-12,16,23H,5-7H2,1-4H3,(H,24,26). The number of carbonyl (C=O) groups excluding carboxylic acids is 1. The van der Waals surface area contributed by atoms with Gasteiger partial charge in [0.15, 0.2) is 0 Å². The maximum atomic E-state index is 12.8. The molecule has 5 nitrogen and oxygen atoms in total. The van der Waals surface area contributed by atoms with E-state index in [1.165, 1.54) is 11.3 Å². The number of aromatic nitrogens is 3. The summed E-state index contributed by atoms with van der Waals surface area (Å²) in [4.78, 5) is 16.1. The van der Waals surface area contributed by atoms with Crippen molar-refractivity contribution in [2.24, 2.45) is 7.05 Å². The summed E-state index contributed by atoms with van der Waals surface area (Å²) in [6, 6.07) is 8.34. The summed E-state index contributed by atoms with van der Waals surface area (Å²) in [5, 5.41) is 8.60. The topological polar surface area (TPSA) is 62.7 Å². The molecule has 5 heteroatoms. The smallest absolute Gasteiger partial charge is 0.268 e. The van der Waals surface area contributed by atoms with Crippen LogP contribution in [0.2, 0.25) is 0 Å². The van der Waals surface area contributed by atoms with Crippen LogP contribution in [-0.4, -0.2) is 20.7 Å². The lowest BCUT2D eigenvalue weighted by molar-refractivity contribution is 0.0928. The molecule has 1 aliphatic carbocycles. The summed E-state index contributed by atoms with van der Waals surface area (Å²) in [7, 11) is 1.97. The lowest BCUT2D eigenvalue weighted by atomic mass is 9.87. The maximum Gasteiger partial charge on any atom is 0.268 e. The molecule has 0 fully saturated rings. The highest BCUT2D eigenvalue weighted by Gasteiger charge is 2.25. The van der Waals surface area contributed by atoms with Crippen LogP contribution in [0.25, 0.3) is 10.9 Å². The average Bonchev–Trinajstić information content (AvgIpc) is 3.18. The van der Waals surface area contributed by atoms with E-state index >= 15 is 0 Å². The number of amides is 1. The molecular formula is C21H26N4O. The molecule has 1 amide bonds. The van der Waals surface area contributed by atoms with Crippen molar-refractivity contribution >= 4 is 16.8 Å². The third-order valence-corrected chi connectivity index (χ3v) is 5.41. The van der Waals surface area contributed by atoms with Crippen LogP contribution >= 0.6 is 0 Å². The van der Waals surface area contributed by atoms with Crippen LogP contribution in [0.4, 0.5) is 0 Å². The molecule has 2 aromatic heterocycles. The lowest BCUT2D eigenvalue weighted by Gasteiger charge is -2.23. The molecule has 0 bridgehead atoms. The third-order valence-electron chi connectivity index (χ3n) is 5.41. The second kappa shape index (κ2) is 6.01. The van der Waals surface area contributed by atoms with Crippen molar-refractivity contribution in [1.29, 1.82) is 0 Å². The van der Waals surface area contributed by atoms with Crippen LogP contribution in [0, 0.1) is 0 Å². The minimum atomic E-state index is -0.0554. The van der Waals surface area contributed by atoms with E-state index in [1.807, 2.05) is 24.0 Å². The normalized spacial score (nSPS) is 17.3. The van der Waals surface area contributed by atoms with Gasteiger partial charge in [-0.3, -0.25) is 9.48 Å². The number of nitrogens with zero attached hydrogens (tertiary/aromatic N) is 2. The van der Waals surface area contributed by atoms with Crippen molar-refractivity contribution < 1.29 is 4.79 Å². The van der Waals surface area contributed by atoms with Crippen LogP contribution in [-0.2, 0) is 18.9 Å². The van der Waals surface area contributed by atoms with Gasteiger partial charge in [0.2, 0.25) is 0 Å². The van der Waals surface area contributed by atoms with Gasteiger partial charge in [-0.1, -0.05) is 32.9 Å². The van der Waals surface area contributed by atoms with Gasteiger partial charge in [-0.25, -0.2) is 0 Å². The fraction of sp³-hybridized carbons (Fsp3) is 0.429. The number of aryl methyl sites for hydroxylation is 1. The second-order valence-corrected chi connectivity index (χ2v) is 8.32. The molecule has 1 atom stereocenters. The molecule has 0 saturated carbocycles.